The first kappa shape index (κ1) is 17.2. The van der Waals surface area contributed by atoms with E-state index in [9.17, 15) is 5.11 Å². The lowest BCUT2D eigenvalue weighted by atomic mass is 9.84. The smallest absolute Gasteiger partial charge is 0.135 e. The molecule has 1 aliphatic rings. The van der Waals surface area contributed by atoms with E-state index in [4.69, 9.17) is 16.6 Å². The summed E-state index contributed by atoms with van der Waals surface area (Å²) in [6.07, 6.45) is 3.16. The van der Waals surface area contributed by atoms with Crippen molar-refractivity contribution in [1.82, 2.24) is 9.97 Å². The summed E-state index contributed by atoms with van der Waals surface area (Å²) in [5.41, 5.74) is 0.0706. The highest BCUT2D eigenvalue weighted by atomic mass is 35.5. The van der Waals surface area contributed by atoms with Gasteiger partial charge in [-0.1, -0.05) is 44.5 Å². The lowest BCUT2D eigenvalue weighted by Gasteiger charge is -2.39. The van der Waals surface area contributed by atoms with Crippen molar-refractivity contribution in [3.63, 3.8) is 0 Å². The second-order valence-corrected chi connectivity index (χ2v) is 7.95. The molecule has 0 unspecified atom stereocenters. The number of hydrogen-bond donors (Lipinski definition) is 1. The molecule has 3 rings (SSSR count). The minimum absolute atomic E-state index is 0.0736. The molecule has 0 radical (unpaired) electrons. The molecule has 1 aromatic carbocycles. The van der Waals surface area contributed by atoms with Crippen LogP contribution in [0.5, 0.6) is 0 Å². The SMILES string of the molecule is CC(C)(C)c1nccc(N2CCC(O)(c3ccc(Cl)cc3)CC2)n1. The molecule has 0 atom stereocenters. The van der Waals surface area contributed by atoms with Gasteiger partial charge in [0.1, 0.15) is 11.6 Å². The van der Waals surface area contributed by atoms with E-state index in [2.05, 4.69) is 30.7 Å². The Bertz CT molecular complexity index is 701. The molecular formula is C19H24ClN3O. The number of nitrogens with zero attached hydrogens (tertiary/aromatic N) is 3. The van der Waals surface area contributed by atoms with Crippen LogP contribution in [0.15, 0.2) is 36.5 Å². The number of rotatable bonds is 2. The average Bonchev–Trinajstić information content (AvgIpc) is 2.55. The highest BCUT2D eigenvalue weighted by molar-refractivity contribution is 6.30. The fraction of sp³-hybridized carbons (Fsp3) is 0.474. The van der Waals surface area contributed by atoms with E-state index in [-0.39, 0.29) is 5.41 Å². The Balaban J connectivity index is 1.74. The Hall–Kier alpha value is -1.65. The molecule has 0 aliphatic carbocycles. The summed E-state index contributed by atoms with van der Waals surface area (Å²) in [6.45, 7) is 7.87. The Morgan fingerprint density at radius 2 is 1.71 bits per heavy atom. The lowest BCUT2D eigenvalue weighted by molar-refractivity contribution is 0.0116. The van der Waals surface area contributed by atoms with Gasteiger partial charge in [0.05, 0.1) is 5.60 Å². The van der Waals surface area contributed by atoms with E-state index in [1.54, 1.807) is 0 Å². The van der Waals surface area contributed by atoms with Crippen molar-refractivity contribution in [1.29, 1.82) is 0 Å². The van der Waals surface area contributed by atoms with Crippen LogP contribution in [0.2, 0.25) is 5.02 Å². The van der Waals surface area contributed by atoms with Crippen LogP contribution < -0.4 is 4.90 Å². The molecule has 0 bridgehead atoms. The molecule has 1 saturated heterocycles. The maximum atomic E-state index is 11.0. The standard InChI is InChI=1S/C19H24ClN3O/c1-18(2,3)17-21-11-8-16(22-17)23-12-9-19(24,10-13-23)14-4-6-15(20)7-5-14/h4-8,11,24H,9-10,12-13H2,1-3H3. The summed E-state index contributed by atoms with van der Waals surface area (Å²) in [5, 5.41) is 11.7. The van der Waals surface area contributed by atoms with E-state index in [0.717, 1.165) is 30.3 Å². The molecule has 1 fully saturated rings. The molecule has 24 heavy (non-hydrogen) atoms. The first-order valence-corrected chi connectivity index (χ1v) is 8.73. The largest absolute Gasteiger partial charge is 0.385 e. The third-order valence-electron chi connectivity index (χ3n) is 4.61. The van der Waals surface area contributed by atoms with E-state index in [1.165, 1.54) is 0 Å². The Kier molecular flexibility index (Phi) is 4.54. The fourth-order valence-electron chi connectivity index (χ4n) is 3.04. The summed E-state index contributed by atoms with van der Waals surface area (Å²) >= 11 is 5.95. The first-order valence-electron chi connectivity index (χ1n) is 8.35. The van der Waals surface area contributed by atoms with Gasteiger partial charge in [0, 0.05) is 29.7 Å². The van der Waals surface area contributed by atoms with E-state index >= 15 is 0 Å². The second-order valence-electron chi connectivity index (χ2n) is 7.51. The molecule has 2 aromatic rings. The monoisotopic (exact) mass is 345 g/mol. The van der Waals surface area contributed by atoms with Gasteiger partial charge >= 0.3 is 0 Å². The zero-order valence-corrected chi connectivity index (χ0v) is 15.2. The molecule has 5 heteroatoms. The minimum atomic E-state index is -0.791. The van der Waals surface area contributed by atoms with Gasteiger partial charge in [-0.2, -0.15) is 0 Å². The maximum Gasteiger partial charge on any atom is 0.135 e. The predicted octanol–water partition coefficient (Wildman–Crippen LogP) is 3.92. The van der Waals surface area contributed by atoms with Crippen molar-refractivity contribution in [2.75, 3.05) is 18.0 Å². The number of hydrogen-bond acceptors (Lipinski definition) is 4. The summed E-state index contributed by atoms with van der Waals surface area (Å²) in [5.74, 6) is 1.78. The van der Waals surface area contributed by atoms with Gasteiger partial charge in [-0.25, -0.2) is 9.97 Å². The van der Waals surface area contributed by atoms with Crippen LogP contribution in [0, 0.1) is 0 Å². The van der Waals surface area contributed by atoms with Crippen molar-refractivity contribution < 1.29 is 5.11 Å². The third-order valence-corrected chi connectivity index (χ3v) is 4.86. The number of aliphatic hydroxyl groups is 1. The summed E-state index contributed by atoms with van der Waals surface area (Å²) in [4.78, 5) is 11.3. The molecule has 0 spiro atoms. The molecule has 1 N–H and O–H groups in total. The zero-order chi connectivity index (χ0) is 17.4. The van der Waals surface area contributed by atoms with Crippen LogP contribution in [0.1, 0.15) is 45.0 Å². The highest BCUT2D eigenvalue weighted by Gasteiger charge is 2.34. The molecular weight excluding hydrogens is 322 g/mol. The van der Waals surface area contributed by atoms with Crippen molar-refractivity contribution in [2.45, 2.75) is 44.6 Å². The number of aromatic nitrogens is 2. The van der Waals surface area contributed by atoms with Crippen LogP contribution in [0.25, 0.3) is 0 Å². The van der Waals surface area contributed by atoms with Gasteiger partial charge < -0.3 is 10.0 Å². The van der Waals surface area contributed by atoms with Crippen molar-refractivity contribution in [3.8, 4) is 0 Å². The number of anilines is 1. The van der Waals surface area contributed by atoms with Crippen molar-refractivity contribution >= 4 is 17.4 Å². The predicted molar refractivity (Wildman–Crippen MR) is 97.5 cm³/mol. The average molecular weight is 346 g/mol. The normalized spacial score (nSPS) is 17.8. The highest BCUT2D eigenvalue weighted by Crippen LogP contribution is 2.34. The molecule has 0 saturated carbocycles. The Morgan fingerprint density at radius 3 is 2.29 bits per heavy atom. The van der Waals surface area contributed by atoms with E-state index < -0.39 is 5.60 Å². The topological polar surface area (TPSA) is 49.2 Å². The van der Waals surface area contributed by atoms with Crippen molar-refractivity contribution in [3.05, 3.63) is 52.9 Å². The van der Waals surface area contributed by atoms with Crippen LogP contribution in [-0.2, 0) is 11.0 Å². The van der Waals surface area contributed by atoms with Gasteiger partial charge in [-0.15, -0.1) is 0 Å². The van der Waals surface area contributed by atoms with Crippen LogP contribution >= 0.6 is 11.6 Å². The minimum Gasteiger partial charge on any atom is -0.385 e. The summed E-state index contributed by atoms with van der Waals surface area (Å²) in [6, 6.07) is 9.45. The van der Waals surface area contributed by atoms with Crippen LogP contribution in [0.4, 0.5) is 5.82 Å². The second kappa shape index (κ2) is 6.34. The van der Waals surface area contributed by atoms with Gasteiger partial charge in [0.15, 0.2) is 0 Å². The molecule has 1 aliphatic heterocycles. The Morgan fingerprint density at radius 1 is 1.08 bits per heavy atom. The maximum absolute atomic E-state index is 11.0. The zero-order valence-electron chi connectivity index (χ0n) is 14.5. The van der Waals surface area contributed by atoms with Gasteiger partial charge in [-0.05, 0) is 36.6 Å². The molecule has 1 aromatic heterocycles. The van der Waals surface area contributed by atoms with Crippen LogP contribution in [-0.4, -0.2) is 28.2 Å². The quantitative estimate of drug-likeness (QED) is 0.896. The number of halogens is 1. The molecule has 2 heterocycles. The summed E-state index contributed by atoms with van der Waals surface area (Å²) < 4.78 is 0. The molecule has 0 amide bonds. The first-order chi connectivity index (χ1) is 11.3. The van der Waals surface area contributed by atoms with Gasteiger partial charge in [0.25, 0.3) is 0 Å². The van der Waals surface area contributed by atoms with Gasteiger partial charge in [-0.3, -0.25) is 0 Å². The van der Waals surface area contributed by atoms with E-state index in [1.807, 2.05) is 36.5 Å². The lowest BCUT2D eigenvalue weighted by Crippen LogP contribution is -2.43. The third kappa shape index (κ3) is 3.55. The summed E-state index contributed by atoms with van der Waals surface area (Å²) in [7, 11) is 0. The van der Waals surface area contributed by atoms with Crippen molar-refractivity contribution in [2.24, 2.45) is 0 Å². The van der Waals surface area contributed by atoms with E-state index in [0.29, 0.717) is 17.9 Å². The Labute approximate surface area is 148 Å². The molecule has 128 valence electrons. The molecule has 4 nitrogen and oxygen atoms in total. The van der Waals surface area contributed by atoms with Gasteiger partial charge in [0.2, 0.25) is 0 Å². The fourth-order valence-corrected chi connectivity index (χ4v) is 3.17. The van der Waals surface area contributed by atoms with Crippen LogP contribution in [0.3, 0.4) is 0 Å². The number of piperidine rings is 1. The number of benzene rings is 1.